The summed E-state index contributed by atoms with van der Waals surface area (Å²) in [6.07, 6.45) is 2.10. The molecule has 0 unspecified atom stereocenters. The zero-order valence-corrected chi connectivity index (χ0v) is 17.8. The molecule has 2 aromatic carbocycles. The van der Waals surface area contributed by atoms with E-state index in [4.69, 9.17) is 11.6 Å². The smallest absolute Gasteiger partial charge is 0.257 e. The maximum absolute atomic E-state index is 13.1. The van der Waals surface area contributed by atoms with Crippen LogP contribution in [0.3, 0.4) is 0 Å². The molecule has 8 heteroatoms. The summed E-state index contributed by atoms with van der Waals surface area (Å²) in [5.41, 5.74) is 2.44. The molecule has 1 N–H and O–H groups in total. The Kier molecular flexibility index (Phi) is 5.98. The molecule has 0 spiro atoms. The summed E-state index contributed by atoms with van der Waals surface area (Å²) in [6.45, 7) is 3.51. The molecule has 1 amide bonds. The van der Waals surface area contributed by atoms with Gasteiger partial charge in [0.25, 0.3) is 5.91 Å². The maximum atomic E-state index is 13.1. The summed E-state index contributed by atoms with van der Waals surface area (Å²) in [6, 6.07) is 10.0. The van der Waals surface area contributed by atoms with Crippen molar-refractivity contribution in [2.24, 2.45) is 0 Å². The highest BCUT2D eigenvalue weighted by molar-refractivity contribution is 7.89. The first-order valence-electron chi connectivity index (χ1n) is 9.10. The highest BCUT2D eigenvalue weighted by Crippen LogP contribution is 2.30. The number of nitrogens with zero attached hydrogens (tertiary/aromatic N) is 2. The number of amides is 1. The van der Waals surface area contributed by atoms with E-state index >= 15 is 0 Å². The topological polar surface area (TPSA) is 69.7 Å². The Labute approximate surface area is 171 Å². The van der Waals surface area contributed by atoms with Crippen LogP contribution in [0.1, 0.15) is 28.8 Å². The van der Waals surface area contributed by atoms with Crippen LogP contribution >= 0.6 is 11.6 Å². The molecular weight excluding hydrogens is 398 g/mol. The van der Waals surface area contributed by atoms with Gasteiger partial charge in [-0.3, -0.25) is 4.79 Å². The average molecular weight is 422 g/mol. The lowest BCUT2D eigenvalue weighted by Gasteiger charge is -2.22. The van der Waals surface area contributed by atoms with Gasteiger partial charge in [-0.15, -0.1) is 0 Å². The number of anilines is 2. The van der Waals surface area contributed by atoms with Crippen molar-refractivity contribution in [3.8, 4) is 0 Å². The van der Waals surface area contributed by atoms with Crippen molar-refractivity contribution in [2.45, 2.75) is 24.7 Å². The molecule has 0 radical (unpaired) electrons. The van der Waals surface area contributed by atoms with E-state index in [0.29, 0.717) is 16.3 Å². The van der Waals surface area contributed by atoms with Crippen molar-refractivity contribution in [3.63, 3.8) is 0 Å². The first kappa shape index (κ1) is 20.6. The Morgan fingerprint density at radius 2 is 1.82 bits per heavy atom. The first-order valence-corrected chi connectivity index (χ1v) is 10.9. The maximum Gasteiger partial charge on any atom is 0.257 e. The molecular formula is C20H24ClN3O3S. The van der Waals surface area contributed by atoms with Gasteiger partial charge in [0.2, 0.25) is 10.0 Å². The van der Waals surface area contributed by atoms with Crippen molar-refractivity contribution in [2.75, 3.05) is 37.4 Å². The van der Waals surface area contributed by atoms with Crippen LogP contribution in [0.15, 0.2) is 41.3 Å². The van der Waals surface area contributed by atoms with E-state index in [2.05, 4.69) is 10.2 Å². The molecule has 0 aromatic heterocycles. The number of nitrogens with one attached hydrogen (secondary N) is 1. The van der Waals surface area contributed by atoms with Crippen LogP contribution in [0.4, 0.5) is 11.4 Å². The minimum atomic E-state index is -3.65. The lowest BCUT2D eigenvalue weighted by atomic mass is 10.1. The molecule has 0 saturated carbocycles. The minimum absolute atomic E-state index is 0.0911. The van der Waals surface area contributed by atoms with Crippen molar-refractivity contribution in [3.05, 3.63) is 52.5 Å². The van der Waals surface area contributed by atoms with E-state index in [1.165, 1.54) is 20.2 Å². The summed E-state index contributed by atoms with van der Waals surface area (Å²) >= 11 is 6.15. The number of carbonyl (C=O) groups excluding carboxylic acids is 1. The number of hydrogen-bond acceptors (Lipinski definition) is 4. The Hall–Kier alpha value is -2.09. The van der Waals surface area contributed by atoms with E-state index in [9.17, 15) is 13.2 Å². The summed E-state index contributed by atoms with van der Waals surface area (Å²) in [7, 11) is -0.705. The van der Waals surface area contributed by atoms with Gasteiger partial charge in [-0.2, -0.15) is 0 Å². The Balaban J connectivity index is 2.04. The second-order valence-electron chi connectivity index (χ2n) is 7.03. The van der Waals surface area contributed by atoms with Crippen LogP contribution in [0.5, 0.6) is 0 Å². The van der Waals surface area contributed by atoms with Gasteiger partial charge in [0.1, 0.15) is 0 Å². The van der Waals surface area contributed by atoms with Gasteiger partial charge in [0, 0.05) is 43.6 Å². The molecule has 2 aromatic rings. The quantitative estimate of drug-likeness (QED) is 0.798. The van der Waals surface area contributed by atoms with E-state index in [1.54, 1.807) is 30.3 Å². The van der Waals surface area contributed by atoms with Crippen molar-refractivity contribution in [1.29, 1.82) is 0 Å². The van der Waals surface area contributed by atoms with E-state index in [-0.39, 0.29) is 10.8 Å². The molecule has 1 fully saturated rings. The molecule has 1 saturated heterocycles. The zero-order valence-electron chi connectivity index (χ0n) is 16.2. The monoisotopic (exact) mass is 421 g/mol. The van der Waals surface area contributed by atoms with Crippen molar-refractivity contribution in [1.82, 2.24) is 4.31 Å². The third kappa shape index (κ3) is 4.01. The Bertz CT molecular complexity index is 1000. The highest BCUT2D eigenvalue weighted by Gasteiger charge is 2.25. The number of sulfonamides is 1. The first-order chi connectivity index (χ1) is 13.2. The largest absolute Gasteiger partial charge is 0.371 e. The molecule has 0 atom stereocenters. The highest BCUT2D eigenvalue weighted by atomic mass is 35.5. The third-order valence-corrected chi connectivity index (χ3v) is 7.17. The molecule has 1 aliphatic rings. The summed E-state index contributed by atoms with van der Waals surface area (Å²) < 4.78 is 26.3. The Morgan fingerprint density at radius 3 is 2.46 bits per heavy atom. The summed E-state index contributed by atoms with van der Waals surface area (Å²) in [4.78, 5) is 15.3. The number of benzene rings is 2. The summed E-state index contributed by atoms with van der Waals surface area (Å²) in [5.74, 6) is -0.358. The fourth-order valence-electron chi connectivity index (χ4n) is 3.23. The van der Waals surface area contributed by atoms with E-state index in [1.807, 2.05) is 6.92 Å². The van der Waals surface area contributed by atoms with Gasteiger partial charge in [-0.25, -0.2) is 12.7 Å². The zero-order chi connectivity index (χ0) is 20.5. The van der Waals surface area contributed by atoms with Crippen molar-refractivity contribution >= 4 is 38.9 Å². The average Bonchev–Trinajstić information content (AvgIpc) is 3.19. The lowest BCUT2D eigenvalue weighted by Crippen LogP contribution is -2.25. The molecule has 6 nitrogen and oxygen atoms in total. The van der Waals surface area contributed by atoms with E-state index < -0.39 is 10.0 Å². The van der Waals surface area contributed by atoms with Gasteiger partial charge in [-0.1, -0.05) is 17.7 Å². The fourth-order valence-corrected chi connectivity index (χ4v) is 4.34. The second-order valence-corrected chi connectivity index (χ2v) is 9.59. The van der Waals surface area contributed by atoms with Gasteiger partial charge in [-0.05, 0) is 55.7 Å². The van der Waals surface area contributed by atoms with Gasteiger partial charge < -0.3 is 10.2 Å². The molecule has 0 bridgehead atoms. The Morgan fingerprint density at radius 1 is 1.14 bits per heavy atom. The molecule has 1 heterocycles. The van der Waals surface area contributed by atoms with Crippen LogP contribution in [0.25, 0.3) is 0 Å². The lowest BCUT2D eigenvalue weighted by molar-refractivity contribution is 0.102. The van der Waals surface area contributed by atoms with Crippen LogP contribution in [-0.4, -0.2) is 45.8 Å². The summed E-state index contributed by atoms with van der Waals surface area (Å²) in [5, 5.41) is 3.44. The predicted octanol–water partition coefficient (Wildman–Crippen LogP) is 3.75. The van der Waals surface area contributed by atoms with E-state index in [0.717, 1.165) is 41.5 Å². The fraction of sp³-hybridized carbons (Fsp3) is 0.350. The normalized spacial score (nSPS) is 14.5. The van der Waals surface area contributed by atoms with Gasteiger partial charge in [0.15, 0.2) is 0 Å². The molecule has 28 heavy (non-hydrogen) atoms. The van der Waals surface area contributed by atoms with Crippen LogP contribution in [0.2, 0.25) is 5.02 Å². The van der Waals surface area contributed by atoms with Gasteiger partial charge in [0.05, 0.1) is 10.5 Å². The van der Waals surface area contributed by atoms with Crippen LogP contribution in [0, 0.1) is 6.92 Å². The third-order valence-electron chi connectivity index (χ3n) is 4.95. The van der Waals surface area contributed by atoms with Crippen LogP contribution in [-0.2, 0) is 10.0 Å². The second kappa shape index (κ2) is 8.11. The molecule has 1 aliphatic heterocycles. The molecule has 3 rings (SSSR count). The minimum Gasteiger partial charge on any atom is -0.371 e. The number of carbonyl (C=O) groups is 1. The molecule has 0 aliphatic carbocycles. The SMILES string of the molecule is Cc1c(Cl)cccc1NC(=O)c1cc(S(=O)(=O)N(C)C)ccc1N1CCCC1. The molecule has 150 valence electrons. The standard InChI is InChI=1S/C20H24ClN3O3S/c1-14-17(21)7-6-8-18(14)22-20(25)16-13-15(28(26,27)23(2)3)9-10-19(16)24-11-4-5-12-24/h6-10,13H,4-5,11-12H2,1-3H3,(H,22,25). The predicted molar refractivity (Wildman–Crippen MR) is 113 cm³/mol. The number of halogens is 1. The number of hydrogen-bond donors (Lipinski definition) is 1. The van der Waals surface area contributed by atoms with Gasteiger partial charge >= 0.3 is 0 Å². The van der Waals surface area contributed by atoms with Crippen molar-refractivity contribution < 1.29 is 13.2 Å². The number of rotatable bonds is 5. The van der Waals surface area contributed by atoms with Crippen LogP contribution < -0.4 is 10.2 Å².